The molecule has 2 aliphatic rings. The van der Waals surface area contributed by atoms with Gasteiger partial charge in [-0.3, -0.25) is 9.88 Å². The quantitative estimate of drug-likeness (QED) is 0.320. The summed E-state index contributed by atoms with van der Waals surface area (Å²) in [6.07, 6.45) is 6.54. The first-order valence-corrected chi connectivity index (χ1v) is 14.8. The molecule has 4 aromatic rings. The number of benzene rings is 1. The van der Waals surface area contributed by atoms with E-state index in [0.717, 1.165) is 71.7 Å². The lowest BCUT2D eigenvalue weighted by Crippen LogP contribution is -2.49. The molecule has 1 aliphatic heterocycles. The Kier molecular flexibility index (Phi) is 7.81. The summed E-state index contributed by atoms with van der Waals surface area (Å²) in [4.78, 5) is 40.7. The van der Waals surface area contributed by atoms with Crippen LogP contribution in [-0.2, 0) is 17.7 Å². The molecule has 10 heteroatoms. The third kappa shape index (κ3) is 7.05. The molecule has 4 heterocycles. The Morgan fingerprint density at radius 2 is 1.86 bits per heavy atom. The molecule has 0 radical (unpaired) electrons. The monoisotopic (exact) mass is 568 g/mol. The number of fused-ring (bicyclic) bond motifs is 1. The molecule has 1 N–H and O–H groups in total. The number of carbonyl (C=O) groups is 1. The lowest BCUT2D eigenvalue weighted by Gasteiger charge is -2.35. The lowest BCUT2D eigenvalue weighted by molar-refractivity contribution is 0.0139. The summed E-state index contributed by atoms with van der Waals surface area (Å²) in [5.41, 5.74) is 5.54. The number of amides is 1. The Bertz CT molecular complexity index is 1550. The average molecular weight is 569 g/mol. The number of H-pyrrole nitrogens is 1. The smallest absolute Gasteiger partial charge is 0.410 e. The second kappa shape index (κ2) is 11.7. The number of rotatable bonds is 8. The molecule has 1 amide bonds. The van der Waals surface area contributed by atoms with Gasteiger partial charge in [0.05, 0.1) is 16.7 Å². The van der Waals surface area contributed by atoms with Crippen molar-refractivity contribution in [1.29, 1.82) is 0 Å². The van der Waals surface area contributed by atoms with Crippen LogP contribution < -0.4 is 4.90 Å². The van der Waals surface area contributed by atoms with Crippen molar-refractivity contribution in [2.24, 2.45) is 5.92 Å². The van der Waals surface area contributed by atoms with Crippen molar-refractivity contribution in [2.75, 3.05) is 44.7 Å². The van der Waals surface area contributed by atoms with Crippen molar-refractivity contribution < 1.29 is 9.53 Å². The van der Waals surface area contributed by atoms with Gasteiger partial charge in [-0.25, -0.2) is 19.7 Å². The van der Waals surface area contributed by atoms with Crippen molar-refractivity contribution >= 4 is 22.9 Å². The van der Waals surface area contributed by atoms with Crippen LogP contribution in [0.25, 0.3) is 22.3 Å². The van der Waals surface area contributed by atoms with Gasteiger partial charge in [-0.05, 0) is 69.4 Å². The molecule has 3 aromatic heterocycles. The zero-order valence-corrected chi connectivity index (χ0v) is 25.0. The number of aromatic nitrogens is 5. The molecule has 0 spiro atoms. The van der Waals surface area contributed by atoms with E-state index in [4.69, 9.17) is 9.72 Å². The maximum Gasteiger partial charge on any atom is 0.410 e. The first-order chi connectivity index (χ1) is 20.2. The predicted molar refractivity (Wildman–Crippen MR) is 163 cm³/mol. The minimum absolute atomic E-state index is 0.232. The summed E-state index contributed by atoms with van der Waals surface area (Å²) in [6.45, 7) is 10.5. The SMILES string of the molecule is CN(CC1CC1)c1cc(-c2ccc3nc(Cc4cc(CN5CCN(C(=O)OC(C)(C)C)CC5)ccn4)[nH]c3c2)ncn1. The molecule has 0 bridgehead atoms. The molecule has 2 fully saturated rings. The van der Waals surface area contributed by atoms with E-state index in [9.17, 15) is 4.79 Å². The van der Waals surface area contributed by atoms with E-state index in [1.807, 2.05) is 33.0 Å². The number of piperazine rings is 1. The normalized spacial score (nSPS) is 16.1. The summed E-state index contributed by atoms with van der Waals surface area (Å²) in [6, 6.07) is 12.5. The Labute approximate surface area is 247 Å². The average Bonchev–Trinajstić information content (AvgIpc) is 3.68. The molecule has 1 aliphatic carbocycles. The second-order valence-electron chi connectivity index (χ2n) is 12.6. The molecule has 0 atom stereocenters. The number of nitrogens with zero attached hydrogens (tertiary/aromatic N) is 7. The third-order valence-corrected chi connectivity index (χ3v) is 7.76. The van der Waals surface area contributed by atoms with Gasteiger partial charge in [0, 0.05) is 76.3 Å². The van der Waals surface area contributed by atoms with Crippen molar-refractivity contribution in [1.82, 2.24) is 34.7 Å². The maximum absolute atomic E-state index is 12.4. The van der Waals surface area contributed by atoms with Crippen molar-refractivity contribution in [3.63, 3.8) is 0 Å². The highest BCUT2D eigenvalue weighted by Gasteiger charge is 2.26. The summed E-state index contributed by atoms with van der Waals surface area (Å²) in [5, 5.41) is 0. The summed E-state index contributed by atoms with van der Waals surface area (Å²) < 4.78 is 5.52. The second-order valence-corrected chi connectivity index (χ2v) is 12.6. The Balaban J connectivity index is 1.08. The molecule has 220 valence electrons. The first kappa shape index (κ1) is 28.1. The highest BCUT2D eigenvalue weighted by Crippen LogP contribution is 2.31. The molecular formula is C32H40N8O2. The fourth-order valence-electron chi connectivity index (χ4n) is 5.37. The molecule has 6 rings (SSSR count). The maximum atomic E-state index is 12.4. The van der Waals surface area contributed by atoms with E-state index in [0.29, 0.717) is 19.5 Å². The molecular weight excluding hydrogens is 528 g/mol. The van der Waals surface area contributed by atoms with E-state index in [2.05, 4.69) is 67.1 Å². The van der Waals surface area contributed by atoms with Crippen LogP contribution in [0, 0.1) is 5.92 Å². The number of hydrogen-bond donors (Lipinski definition) is 1. The zero-order valence-electron chi connectivity index (χ0n) is 25.0. The van der Waals surface area contributed by atoms with E-state index < -0.39 is 5.60 Å². The van der Waals surface area contributed by atoms with Crippen molar-refractivity contribution in [3.05, 3.63) is 66.0 Å². The molecule has 1 aromatic carbocycles. The first-order valence-electron chi connectivity index (χ1n) is 14.8. The summed E-state index contributed by atoms with van der Waals surface area (Å²) >= 11 is 0. The van der Waals surface area contributed by atoms with Crippen LogP contribution in [0.4, 0.5) is 10.6 Å². The van der Waals surface area contributed by atoms with Gasteiger partial charge in [-0.15, -0.1) is 0 Å². The fraction of sp³-hybridized carbons (Fsp3) is 0.469. The standard InChI is InChI=1S/C32H40N8O2/c1-32(2,3)42-31(41)40-13-11-39(12-14-40)20-23-9-10-33-25(15-23)17-29-36-26-8-7-24(16-28(26)37-29)27-18-30(35-21-34-27)38(4)19-22-5-6-22/h7-10,15-16,18,21-22H,5-6,11-14,17,19-20H2,1-4H3,(H,36,37). The minimum Gasteiger partial charge on any atom is -0.444 e. The molecule has 1 saturated heterocycles. The van der Waals surface area contributed by atoms with Crippen LogP contribution in [-0.4, -0.2) is 86.2 Å². The van der Waals surface area contributed by atoms with E-state index >= 15 is 0 Å². The van der Waals surface area contributed by atoms with Crippen LogP contribution in [0.1, 0.15) is 50.7 Å². The highest BCUT2D eigenvalue weighted by atomic mass is 16.6. The van der Waals surface area contributed by atoms with Crippen LogP contribution >= 0.6 is 0 Å². The number of nitrogens with one attached hydrogen (secondary N) is 1. The van der Waals surface area contributed by atoms with Gasteiger partial charge in [-0.1, -0.05) is 6.07 Å². The highest BCUT2D eigenvalue weighted by molar-refractivity contribution is 5.81. The van der Waals surface area contributed by atoms with Crippen LogP contribution in [0.5, 0.6) is 0 Å². The third-order valence-electron chi connectivity index (χ3n) is 7.76. The summed E-state index contributed by atoms with van der Waals surface area (Å²) in [5.74, 6) is 2.63. The Morgan fingerprint density at radius 3 is 2.62 bits per heavy atom. The number of anilines is 1. The minimum atomic E-state index is -0.476. The number of pyridine rings is 1. The predicted octanol–water partition coefficient (Wildman–Crippen LogP) is 4.90. The van der Waals surface area contributed by atoms with E-state index in [1.165, 1.54) is 18.4 Å². The summed E-state index contributed by atoms with van der Waals surface area (Å²) in [7, 11) is 2.10. The van der Waals surface area contributed by atoms with Gasteiger partial charge in [0.15, 0.2) is 0 Å². The van der Waals surface area contributed by atoms with Gasteiger partial charge < -0.3 is 19.5 Å². The van der Waals surface area contributed by atoms with Gasteiger partial charge in [0.1, 0.15) is 23.6 Å². The van der Waals surface area contributed by atoms with Crippen LogP contribution in [0.3, 0.4) is 0 Å². The number of ether oxygens (including phenoxy) is 1. The van der Waals surface area contributed by atoms with Gasteiger partial charge >= 0.3 is 6.09 Å². The molecule has 10 nitrogen and oxygen atoms in total. The lowest BCUT2D eigenvalue weighted by atomic mass is 10.1. The zero-order chi connectivity index (χ0) is 29.3. The van der Waals surface area contributed by atoms with Gasteiger partial charge in [-0.2, -0.15) is 0 Å². The Morgan fingerprint density at radius 1 is 1.05 bits per heavy atom. The van der Waals surface area contributed by atoms with Crippen LogP contribution in [0.15, 0.2) is 48.9 Å². The molecule has 42 heavy (non-hydrogen) atoms. The molecule has 0 unspecified atom stereocenters. The van der Waals surface area contributed by atoms with Crippen molar-refractivity contribution in [2.45, 2.75) is 52.2 Å². The number of aromatic amines is 1. The number of carbonyl (C=O) groups excluding carboxylic acids is 1. The topological polar surface area (TPSA) is 103 Å². The van der Waals surface area contributed by atoms with Gasteiger partial charge in [0.2, 0.25) is 0 Å². The largest absolute Gasteiger partial charge is 0.444 e. The fourth-order valence-corrected chi connectivity index (χ4v) is 5.37. The van der Waals surface area contributed by atoms with Crippen LogP contribution in [0.2, 0.25) is 0 Å². The van der Waals surface area contributed by atoms with Gasteiger partial charge in [0.25, 0.3) is 0 Å². The van der Waals surface area contributed by atoms with E-state index in [-0.39, 0.29) is 6.09 Å². The number of hydrogen-bond acceptors (Lipinski definition) is 8. The number of imidazole rings is 1. The van der Waals surface area contributed by atoms with Crippen molar-refractivity contribution in [3.8, 4) is 11.3 Å². The van der Waals surface area contributed by atoms with E-state index in [1.54, 1.807) is 11.2 Å². The molecule has 1 saturated carbocycles. The Hall–Kier alpha value is -4.05.